The van der Waals surface area contributed by atoms with Crippen molar-refractivity contribution in [3.05, 3.63) is 156 Å². The Morgan fingerprint density at radius 2 is 1.44 bits per heavy atom. The number of hydrogen-bond donors (Lipinski definition) is 0. The second-order valence-electron chi connectivity index (χ2n) is 7.20. The predicted octanol–water partition coefficient (Wildman–Crippen LogP) is 7.52. The van der Waals surface area contributed by atoms with Crippen molar-refractivity contribution in [3.63, 3.8) is 0 Å². The smallest absolute Gasteiger partial charge is 0.171 e. The molecular formula is C32H28SiZr-4. The third-order valence-electron chi connectivity index (χ3n) is 5.00. The van der Waals surface area contributed by atoms with Crippen LogP contribution in [-0.4, -0.2) is 6.88 Å². The van der Waals surface area contributed by atoms with E-state index in [1.54, 1.807) is 0 Å². The monoisotopic (exact) mass is 530 g/mol. The zero-order valence-electron chi connectivity index (χ0n) is 19.6. The molecule has 0 heterocycles. The minimum absolute atomic E-state index is 1.01. The number of benzene rings is 4. The molecule has 0 fully saturated rings. The van der Waals surface area contributed by atoms with E-state index in [0.717, 1.165) is 19.3 Å². The van der Waals surface area contributed by atoms with Crippen LogP contribution in [0.1, 0.15) is 30.0 Å². The van der Waals surface area contributed by atoms with Gasteiger partial charge in [0.25, 0.3) is 0 Å². The molecule has 0 amide bonds. The van der Waals surface area contributed by atoms with Crippen LogP contribution >= 0.6 is 0 Å². The van der Waals surface area contributed by atoms with Gasteiger partial charge < -0.3 is 0 Å². The topological polar surface area (TPSA) is 0 Å². The molecule has 2 heteroatoms. The van der Waals surface area contributed by atoms with Crippen LogP contribution in [0.4, 0.5) is 0 Å². The van der Waals surface area contributed by atoms with Crippen LogP contribution in [0.25, 0.3) is 11.1 Å². The fraction of sp³-hybridized carbons (Fsp3) is 0.125. The van der Waals surface area contributed by atoms with E-state index in [1.807, 2.05) is 72.8 Å². The molecule has 2 radical (unpaired) electrons. The Bertz CT molecular complexity index is 1020. The Balaban J connectivity index is 0.000000178. The molecule has 0 aromatic heterocycles. The molecule has 0 bridgehead atoms. The second kappa shape index (κ2) is 17.9. The Labute approximate surface area is 222 Å². The van der Waals surface area contributed by atoms with Crippen molar-refractivity contribution in [1.82, 2.24) is 0 Å². The number of rotatable bonds is 1. The fourth-order valence-electron chi connectivity index (χ4n) is 3.49. The van der Waals surface area contributed by atoms with Gasteiger partial charge in [0.15, 0.2) is 0 Å². The Hall–Kier alpha value is -2.54. The van der Waals surface area contributed by atoms with Crippen LogP contribution in [0.2, 0.25) is 0 Å². The van der Waals surface area contributed by atoms with Crippen molar-refractivity contribution >= 4 is 6.88 Å². The standard InChI is InChI=1S/C15H13.2C6H5.C5H5.Si.Zr/c1-2-11-7-5-8-13-10-12-6-3-4-9-14(12)15(11)13;2*1-2-4-6-5-3-1;1-2-4-5-3-1;;/h3-7,9H,2,10H2,1H3;2*1-5H;1-3H,4H2;;/q4*-1;;. The van der Waals surface area contributed by atoms with Gasteiger partial charge in [-0.2, -0.15) is 103 Å². The molecule has 6 rings (SSSR count). The number of allylic oxidation sites excluding steroid dienone is 4. The predicted molar refractivity (Wildman–Crippen MR) is 141 cm³/mol. The van der Waals surface area contributed by atoms with E-state index >= 15 is 0 Å². The van der Waals surface area contributed by atoms with Crippen molar-refractivity contribution in [3.8, 4) is 11.1 Å². The largest absolute Gasteiger partial charge is 0.184 e. The van der Waals surface area contributed by atoms with E-state index in [9.17, 15) is 0 Å². The molecule has 0 nitrogen and oxygen atoms in total. The summed E-state index contributed by atoms with van der Waals surface area (Å²) in [6.07, 6.45) is 12.2. The van der Waals surface area contributed by atoms with Crippen molar-refractivity contribution in [2.75, 3.05) is 0 Å². The van der Waals surface area contributed by atoms with Crippen LogP contribution in [-0.2, 0) is 36.2 Å². The van der Waals surface area contributed by atoms with Crippen molar-refractivity contribution in [2.45, 2.75) is 26.2 Å². The summed E-state index contributed by atoms with van der Waals surface area (Å²) < 4.78 is 0. The van der Waals surface area contributed by atoms with Gasteiger partial charge in [-0.3, -0.25) is 6.08 Å². The molecular weight excluding hydrogens is 504 g/mol. The van der Waals surface area contributed by atoms with Gasteiger partial charge in [0.1, 0.15) is 0 Å². The SMILES string of the molecule is CCc1cc[c-]c2c1-c1ccccc1C2.[C-]1=CC=CC1.[Si]=[Zr].[c-]1ccccc1.[c-]1ccccc1. The first-order chi connectivity index (χ1) is 16.9. The van der Waals surface area contributed by atoms with Crippen molar-refractivity contribution in [2.24, 2.45) is 0 Å². The molecule has 0 N–H and O–H groups in total. The molecule has 0 aliphatic heterocycles. The molecule has 4 aromatic carbocycles. The minimum Gasteiger partial charge on any atom is -0.184 e. The first-order valence-corrected chi connectivity index (χ1v) is 15.5. The van der Waals surface area contributed by atoms with E-state index in [2.05, 4.69) is 80.6 Å². The van der Waals surface area contributed by atoms with Crippen molar-refractivity contribution in [1.29, 1.82) is 0 Å². The maximum absolute atomic E-state index is 3.37. The van der Waals surface area contributed by atoms with Gasteiger partial charge in [-0.25, -0.2) is 12.2 Å². The van der Waals surface area contributed by atoms with Gasteiger partial charge in [0.05, 0.1) is 0 Å². The van der Waals surface area contributed by atoms with Gasteiger partial charge in [-0.05, 0) is 6.42 Å². The summed E-state index contributed by atoms with van der Waals surface area (Å²) in [5.41, 5.74) is 7.13. The summed E-state index contributed by atoms with van der Waals surface area (Å²) in [7, 11) is 0. The summed E-state index contributed by atoms with van der Waals surface area (Å²) in [5, 5.41) is 0. The number of fused-ring (bicyclic) bond motifs is 3. The van der Waals surface area contributed by atoms with Crippen LogP contribution in [0.15, 0.2) is 115 Å². The van der Waals surface area contributed by atoms with E-state index in [1.165, 1.54) is 51.2 Å². The van der Waals surface area contributed by atoms with Crippen molar-refractivity contribution < 1.29 is 23.3 Å². The summed E-state index contributed by atoms with van der Waals surface area (Å²) >= 11 is 1.36. The summed E-state index contributed by atoms with van der Waals surface area (Å²) in [6, 6.07) is 41.3. The zero-order chi connectivity index (χ0) is 24.3. The van der Waals surface area contributed by atoms with E-state index < -0.39 is 0 Å². The number of aryl methyl sites for hydroxylation is 1. The fourth-order valence-corrected chi connectivity index (χ4v) is 3.49. The molecule has 34 heavy (non-hydrogen) atoms. The maximum atomic E-state index is 3.37. The summed E-state index contributed by atoms with van der Waals surface area (Å²) in [5.74, 6) is 0. The molecule has 0 atom stereocenters. The average molecular weight is 532 g/mol. The summed E-state index contributed by atoms with van der Waals surface area (Å²) in [4.78, 5) is 0. The molecule has 0 saturated carbocycles. The Morgan fingerprint density at radius 1 is 0.794 bits per heavy atom. The van der Waals surface area contributed by atoms with E-state index in [4.69, 9.17) is 0 Å². The minimum atomic E-state index is 1.01. The van der Waals surface area contributed by atoms with Crippen LogP contribution in [0.3, 0.4) is 0 Å². The maximum Gasteiger partial charge on any atom is -0.171 e. The zero-order valence-corrected chi connectivity index (χ0v) is 23.0. The second-order valence-corrected chi connectivity index (χ2v) is 7.20. The van der Waals surface area contributed by atoms with Gasteiger partial charge in [0.2, 0.25) is 0 Å². The molecule has 168 valence electrons. The third kappa shape index (κ3) is 9.75. The molecule has 2 aliphatic rings. The molecule has 0 spiro atoms. The van der Waals surface area contributed by atoms with Gasteiger partial charge in [-0.15, -0.1) is 17.5 Å². The molecule has 0 unspecified atom stereocenters. The Kier molecular flexibility index (Phi) is 14.6. The van der Waals surface area contributed by atoms with Gasteiger partial charge in [0, 0.05) is 0 Å². The number of hydrogen-bond acceptors (Lipinski definition) is 0. The molecule has 0 saturated heterocycles. The van der Waals surface area contributed by atoms with E-state index in [-0.39, 0.29) is 0 Å². The first kappa shape index (κ1) is 27.7. The normalized spacial score (nSPS) is 10.9. The Morgan fingerprint density at radius 3 is 1.88 bits per heavy atom. The molecule has 4 aromatic rings. The quantitative estimate of drug-likeness (QED) is 0.155. The van der Waals surface area contributed by atoms with Crippen LogP contribution < -0.4 is 0 Å². The van der Waals surface area contributed by atoms with Gasteiger partial charge in [-0.1, -0.05) is 48.7 Å². The molecule has 2 aliphatic carbocycles. The van der Waals surface area contributed by atoms with E-state index in [0.29, 0.717) is 0 Å². The summed E-state index contributed by atoms with van der Waals surface area (Å²) in [6.45, 7) is 5.28. The third-order valence-corrected chi connectivity index (χ3v) is 5.00. The first-order valence-electron chi connectivity index (χ1n) is 11.3. The van der Waals surface area contributed by atoms with Crippen LogP contribution in [0.5, 0.6) is 0 Å². The van der Waals surface area contributed by atoms with Crippen LogP contribution in [0, 0.1) is 24.3 Å². The average Bonchev–Trinajstić information content (AvgIpc) is 3.64. The van der Waals surface area contributed by atoms with Gasteiger partial charge >= 0.3 is 30.2 Å².